The van der Waals surface area contributed by atoms with E-state index in [0.29, 0.717) is 17.4 Å². The SMILES string of the molecule is CCCCCC/C=C\CCCCCCCCCC(=O)NC(COP(=O)([O-])OCC[N+](C)(C)C)C(O)/C=C/CC/C=C/CCCCCCCCCCCCCCC. The Labute approximate surface area is 347 Å². The van der Waals surface area contributed by atoms with Crippen LogP contribution in [0.4, 0.5) is 0 Å². The van der Waals surface area contributed by atoms with Gasteiger partial charge >= 0.3 is 0 Å². The van der Waals surface area contributed by atoms with Gasteiger partial charge in [-0.1, -0.05) is 179 Å². The van der Waals surface area contributed by atoms with Crippen molar-refractivity contribution in [1.29, 1.82) is 0 Å². The number of rotatable bonds is 42. The molecule has 9 heteroatoms. The van der Waals surface area contributed by atoms with Crippen LogP contribution >= 0.6 is 7.82 Å². The number of nitrogens with one attached hydrogen (secondary N) is 1. The van der Waals surface area contributed by atoms with E-state index in [2.05, 4.69) is 43.5 Å². The number of carbonyl (C=O) groups excluding carboxylic acids is 1. The van der Waals surface area contributed by atoms with Gasteiger partial charge in [-0.15, -0.1) is 0 Å². The van der Waals surface area contributed by atoms with Gasteiger partial charge in [0.05, 0.1) is 39.9 Å². The van der Waals surface area contributed by atoms with Crippen LogP contribution in [0.5, 0.6) is 0 Å². The lowest BCUT2D eigenvalue weighted by Gasteiger charge is -2.29. The number of likely N-dealkylation sites (N-methyl/N-ethyl adjacent to an activating group) is 1. The van der Waals surface area contributed by atoms with E-state index in [-0.39, 0.29) is 12.5 Å². The molecule has 0 aliphatic carbocycles. The van der Waals surface area contributed by atoms with E-state index in [1.54, 1.807) is 6.08 Å². The third kappa shape index (κ3) is 40.9. The fourth-order valence-electron chi connectivity index (χ4n) is 6.57. The van der Waals surface area contributed by atoms with Crippen LogP contribution < -0.4 is 10.2 Å². The minimum absolute atomic E-state index is 0.00707. The van der Waals surface area contributed by atoms with Crippen molar-refractivity contribution >= 4 is 13.7 Å². The second-order valence-electron chi connectivity index (χ2n) is 17.1. The quantitative estimate of drug-likeness (QED) is 0.0275. The van der Waals surface area contributed by atoms with Gasteiger partial charge in [0, 0.05) is 6.42 Å². The summed E-state index contributed by atoms with van der Waals surface area (Å²) in [5, 5.41) is 13.8. The first kappa shape index (κ1) is 54.7. The number of carbonyl (C=O) groups is 1. The van der Waals surface area contributed by atoms with Crippen molar-refractivity contribution in [2.24, 2.45) is 0 Å². The summed E-state index contributed by atoms with van der Waals surface area (Å²) >= 11 is 0. The summed E-state index contributed by atoms with van der Waals surface area (Å²) in [4.78, 5) is 25.3. The number of hydrogen-bond donors (Lipinski definition) is 2. The first-order chi connectivity index (χ1) is 27.0. The minimum Gasteiger partial charge on any atom is -0.756 e. The molecule has 0 aromatic carbocycles. The Morgan fingerprint density at radius 2 is 1.00 bits per heavy atom. The fourth-order valence-corrected chi connectivity index (χ4v) is 7.30. The van der Waals surface area contributed by atoms with E-state index in [9.17, 15) is 19.4 Å². The Morgan fingerprint density at radius 3 is 1.46 bits per heavy atom. The van der Waals surface area contributed by atoms with Crippen molar-refractivity contribution in [3.05, 3.63) is 36.5 Å². The van der Waals surface area contributed by atoms with Gasteiger partial charge in [0.1, 0.15) is 13.2 Å². The lowest BCUT2D eigenvalue weighted by Crippen LogP contribution is -2.45. The first-order valence-corrected chi connectivity index (χ1v) is 24.8. The highest BCUT2D eigenvalue weighted by Crippen LogP contribution is 2.38. The molecule has 3 atom stereocenters. The molecular weight excluding hydrogens is 719 g/mol. The average molecular weight is 811 g/mol. The van der Waals surface area contributed by atoms with Gasteiger partial charge in [0.2, 0.25) is 5.91 Å². The van der Waals surface area contributed by atoms with E-state index in [0.717, 1.165) is 38.5 Å². The van der Waals surface area contributed by atoms with Crippen LogP contribution in [0.3, 0.4) is 0 Å². The van der Waals surface area contributed by atoms with E-state index in [1.165, 1.54) is 148 Å². The highest BCUT2D eigenvalue weighted by molar-refractivity contribution is 7.45. The molecule has 0 aliphatic rings. The van der Waals surface area contributed by atoms with Crippen molar-refractivity contribution in [1.82, 2.24) is 5.32 Å². The smallest absolute Gasteiger partial charge is 0.268 e. The van der Waals surface area contributed by atoms with Gasteiger partial charge < -0.3 is 28.8 Å². The molecule has 0 rings (SSSR count). The summed E-state index contributed by atoms with van der Waals surface area (Å²) in [7, 11) is 1.24. The Kier molecular flexibility index (Phi) is 38.3. The van der Waals surface area contributed by atoms with Crippen molar-refractivity contribution in [2.45, 2.75) is 219 Å². The molecule has 0 radical (unpaired) electrons. The van der Waals surface area contributed by atoms with E-state index in [1.807, 2.05) is 27.2 Å². The lowest BCUT2D eigenvalue weighted by atomic mass is 10.0. The summed E-state index contributed by atoms with van der Waals surface area (Å²) in [6.07, 6.45) is 47.6. The number of phosphoric ester groups is 1. The summed E-state index contributed by atoms with van der Waals surface area (Å²) in [6.45, 7) is 4.61. The summed E-state index contributed by atoms with van der Waals surface area (Å²) < 4.78 is 23.2. The molecule has 2 N–H and O–H groups in total. The molecule has 0 saturated carbocycles. The molecule has 3 unspecified atom stereocenters. The van der Waals surface area contributed by atoms with Crippen LogP contribution in [0.2, 0.25) is 0 Å². The maximum Gasteiger partial charge on any atom is 0.268 e. The number of hydrogen-bond acceptors (Lipinski definition) is 6. The number of phosphoric acid groups is 1. The second-order valence-corrected chi connectivity index (χ2v) is 18.5. The molecule has 8 nitrogen and oxygen atoms in total. The number of aliphatic hydroxyl groups excluding tert-OH is 1. The number of unbranched alkanes of at least 4 members (excludes halogenated alkanes) is 25. The van der Waals surface area contributed by atoms with Crippen molar-refractivity contribution < 1.29 is 32.9 Å². The van der Waals surface area contributed by atoms with Gasteiger partial charge in [-0.2, -0.15) is 0 Å². The molecule has 330 valence electrons. The Balaban J connectivity index is 4.44. The zero-order chi connectivity index (χ0) is 41.4. The normalized spacial score (nSPS) is 14.6. The monoisotopic (exact) mass is 811 g/mol. The largest absolute Gasteiger partial charge is 0.756 e. The van der Waals surface area contributed by atoms with Crippen LogP contribution in [0.25, 0.3) is 0 Å². The molecule has 1 amide bonds. The topological polar surface area (TPSA) is 108 Å². The number of allylic oxidation sites excluding steroid dienone is 5. The van der Waals surface area contributed by atoms with Gasteiger partial charge in [0.15, 0.2) is 0 Å². The van der Waals surface area contributed by atoms with Crippen LogP contribution in [-0.4, -0.2) is 68.5 Å². The van der Waals surface area contributed by atoms with Crippen LogP contribution in [-0.2, 0) is 18.4 Å². The first-order valence-electron chi connectivity index (χ1n) is 23.4. The second kappa shape index (κ2) is 39.2. The van der Waals surface area contributed by atoms with Gasteiger partial charge in [-0.25, -0.2) is 0 Å². The van der Waals surface area contributed by atoms with Crippen LogP contribution in [0.15, 0.2) is 36.5 Å². The highest BCUT2D eigenvalue weighted by Gasteiger charge is 2.23. The van der Waals surface area contributed by atoms with Crippen molar-refractivity contribution in [3.8, 4) is 0 Å². The maximum absolute atomic E-state index is 12.9. The standard InChI is InChI=1S/C47H91N2O6P/c1-6-8-10-12-14-16-18-20-22-23-24-25-27-28-30-32-34-36-38-40-46(50)45(44-55-56(52,53)54-43-42-49(3,4)5)48-47(51)41-39-37-35-33-31-29-26-21-19-17-15-13-11-9-7-2/h17,19,30,32,38,40,45-46,50H,6-16,18,20-29,31,33-37,39,41-44H2,1-5H3,(H-,48,51,52,53)/b19-17-,32-30+,40-38+. The third-order valence-corrected chi connectivity index (χ3v) is 11.3. The van der Waals surface area contributed by atoms with Gasteiger partial charge in [-0.05, 0) is 57.8 Å². The number of aliphatic hydroxyl groups is 1. The van der Waals surface area contributed by atoms with Crippen molar-refractivity contribution in [2.75, 3.05) is 40.9 Å². The van der Waals surface area contributed by atoms with E-state index in [4.69, 9.17) is 9.05 Å². The molecular formula is C47H91N2O6P. The number of quaternary nitrogens is 1. The third-order valence-electron chi connectivity index (χ3n) is 10.3. The maximum atomic E-state index is 12.9. The zero-order valence-corrected chi connectivity index (χ0v) is 38.2. The number of amides is 1. The molecule has 0 aromatic heterocycles. The molecule has 0 spiro atoms. The Hall–Kier alpha value is -1.28. The molecule has 0 aliphatic heterocycles. The Morgan fingerprint density at radius 1 is 0.607 bits per heavy atom. The molecule has 0 bridgehead atoms. The van der Waals surface area contributed by atoms with E-state index < -0.39 is 26.6 Å². The van der Waals surface area contributed by atoms with Gasteiger partial charge in [-0.3, -0.25) is 9.36 Å². The molecule has 0 aromatic rings. The zero-order valence-electron chi connectivity index (χ0n) is 37.3. The minimum atomic E-state index is -4.60. The molecule has 56 heavy (non-hydrogen) atoms. The molecule has 0 saturated heterocycles. The summed E-state index contributed by atoms with van der Waals surface area (Å²) in [5.74, 6) is -0.213. The molecule has 0 heterocycles. The average Bonchev–Trinajstić information content (AvgIpc) is 3.15. The predicted octanol–water partition coefficient (Wildman–Crippen LogP) is 12.5. The Bertz CT molecular complexity index is 1010. The van der Waals surface area contributed by atoms with Crippen molar-refractivity contribution in [3.63, 3.8) is 0 Å². The predicted molar refractivity (Wildman–Crippen MR) is 238 cm³/mol. The van der Waals surface area contributed by atoms with Crippen LogP contribution in [0, 0.1) is 0 Å². The lowest BCUT2D eigenvalue weighted by molar-refractivity contribution is -0.870. The van der Waals surface area contributed by atoms with Gasteiger partial charge in [0.25, 0.3) is 7.82 Å². The fraction of sp³-hybridized carbons (Fsp3) is 0.851. The molecule has 0 fully saturated rings. The van der Waals surface area contributed by atoms with E-state index >= 15 is 0 Å². The highest BCUT2D eigenvalue weighted by atomic mass is 31.2. The summed E-state index contributed by atoms with van der Waals surface area (Å²) in [6, 6.07) is -0.903. The number of nitrogens with zero attached hydrogens (tertiary/aromatic N) is 1. The summed E-state index contributed by atoms with van der Waals surface area (Å²) in [5.41, 5.74) is 0. The van der Waals surface area contributed by atoms with Crippen LogP contribution in [0.1, 0.15) is 206 Å².